The van der Waals surface area contributed by atoms with Gasteiger partial charge >= 0.3 is 0 Å². The number of rotatable bonds is 10. The second-order valence-corrected chi connectivity index (χ2v) is 5.15. The quantitative estimate of drug-likeness (QED) is 0.443. The van der Waals surface area contributed by atoms with E-state index in [1.54, 1.807) is 12.2 Å². The Morgan fingerprint density at radius 1 is 1.00 bits per heavy atom. The Morgan fingerprint density at radius 3 is 2.22 bits per heavy atom. The molecule has 0 aliphatic heterocycles. The average molecular weight is 252 g/mol. The molecule has 3 atom stereocenters. The van der Waals surface area contributed by atoms with E-state index < -0.39 is 0 Å². The molecule has 0 bridgehead atoms. The maximum Gasteiger partial charge on any atom is 0.234 e. The van der Waals surface area contributed by atoms with Crippen LogP contribution in [0.1, 0.15) is 46.5 Å². The first-order chi connectivity index (χ1) is 8.63. The van der Waals surface area contributed by atoms with E-state index in [0.29, 0.717) is 30.8 Å². The molecule has 4 nitrogen and oxygen atoms in total. The summed E-state index contributed by atoms with van der Waals surface area (Å²) in [4.78, 5) is 27.3. The van der Waals surface area contributed by atoms with Crippen LogP contribution in [0.4, 0.5) is 0 Å². The van der Waals surface area contributed by atoms with E-state index in [2.05, 4.69) is 30.8 Å². The third-order valence-corrected chi connectivity index (χ3v) is 3.30. The van der Waals surface area contributed by atoms with Gasteiger partial charge in [0.2, 0.25) is 12.2 Å². The van der Waals surface area contributed by atoms with Crippen LogP contribution in [0.25, 0.3) is 0 Å². The van der Waals surface area contributed by atoms with Crippen molar-refractivity contribution in [1.29, 1.82) is 0 Å². The number of nitrogens with zero attached hydrogens (tertiary/aromatic N) is 2. The van der Waals surface area contributed by atoms with Gasteiger partial charge in [-0.1, -0.05) is 27.2 Å². The number of hydrogen-bond donors (Lipinski definition) is 0. The van der Waals surface area contributed by atoms with Crippen molar-refractivity contribution in [3.05, 3.63) is 0 Å². The number of carbonyl (C=O) groups excluding carboxylic acids is 2. The average Bonchev–Trinajstić information content (AvgIpc) is 2.35. The van der Waals surface area contributed by atoms with Crippen molar-refractivity contribution in [3.8, 4) is 0 Å². The standard InChI is InChI=1S/C14H24N2O2/c1-4-14(5-6-15-10-17)8-12(2)7-13(3)9-16-11-18/h12-14H,4-9H2,1-3H3. The lowest BCUT2D eigenvalue weighted by atomic mass is 9.86. The van der Waals surface area contributed by atoms with Crippen molar-refractivity contribution >= 4 is 12.2 Å². The minimum absolute atomic E-state index is 0.423. The lowest BCUT2D eigenvalue weighted by molar-refractivity contribution is 0.318. The summed E-state index contributed by atoms with van der Waals surface area (Å²) in [5.74, 6) is 1.64. The molecular weight excluding hydrogens is 228 g/mol. The number of hydrogen-bond acceptors (Lipinski definition) is 4. The molecule has 0 saturated carbocycles. The van der Waals surface area contributed by atoms with Crippen LogP contribution in [-0.4, -0.2) is 25.2 Å². The van der Waals surface area contributed by atoms with Crippen LogP contribution < -0.4 is 0 Å². The second kappa shape index (κ2) is 10.9. The van der Waals surface area contributed by atoms with Gasteiger partial charge in [0.15, 0.2) is 0 Å². The van der Waals surface area contributed by atoms with Crippen LogP contribution >= 0.6 is 0 Å². The Bertz CT molecular complexity index is 305. The zero-order chi connectivity index (χ0) is 13.8. The molecule has 102 valence electrons. The van der Waals surface area contributed by atoms with Crippen molar-refractivity contribution in [1.82, 2.24) is 0 Å². The third kappa shape index (κ3) is 8.86. The Labute approximate surface area is 110 Å². The normalized spacial score (nSPS) is 15.1. The van der Waals surface area contributed by atoms with Crippen LogP contribution in [0.15, 0.2) is 9.98 Å². The fourth-order valence-electron chi connectivity index (χ4n) is 2.40. The molecule has 0 aliphatic rings. The molecule has 0 N–H and O–H groups in total. The van der Waals surface area contributed by atoms with Crippen LogP contribution in [0.2, 0.25) is 0 Å². The van der Waals surface area contributed by atoms with E-state index in [1.807, 2.05) is 0 Å². The topological polar surface area (TPSA) is 58.9 Å². The Hall–Kier alpha value is -1.24. The molecule has 18 heavy (non-hydrogen) atoms. The molecule has 0 saturated heterocycles. The van der Waals surface area contributed by atoms with E-state index in [1.165, 1.54) is 0 Å². The zero-order valence-electron chi connectivity index (χ0n) is 11.7. The highest BCUT2D eigenvalue weighted by molar-refractivity contribution is 5.32. The summed E-state index contributed by atoms with van der Waals surface area (Å²) in [5.41, 5.74) is 0. The van der Waals surface area contributed by atoms with Crippen molar-refractivity contribution in [2.45, 2.75) is 46.5 Å². The second-order valence-electron chi connectivity index (χ2n) is 5.15. The van der Waals surface area contributed by atoms with E-state index in [4.69, 9.17) is 0 Å². The lowest BCUT2D eigenvalue weighted by Crippen LogP contribution is -2.11. The summed E-state index contributed by atoms with van der Waals surface area (Å²) >= 11 is 0. The third-order valence-electron chi connectivity index (χ3n) is 3.30. The van der Waals surface area contributed by atoms with E-state index >= 15 is 0 Å². The maximum atomic E-state index is 10.0. The highest BCUT2D eigenvalue weighted by Gasteiger charge is 2.14. The van der Waals surface area contributed by atoms with Gasteiger partial charge in [0.25, 0.3) is 0 Å². The largest absolute Gasteiger partial charge is 0.234 e. The van der Waals surface area contributed by atoms with Crippen molar-refractivity contribution < 1.29 is 9.59 Å². The molecule has 0 spiro atoms. The minimum atomic E-state index is 0.423. The molecule has 4 heteroatoms. The molecule has 0 heterocycles. The number of aliphatic imine (C=N–C) groups is 2. The van der Waals surface area contributed by atoms with Gasteiger partial charge in [-0.2, -0.15) is 0 Å². The smallest absolute Gasteiger partial charge is 0.211 e. The van der Waals surface area contributed by atoms with Gasteiger partial charge in [0.05, 0.1) is 13.1 Å². The molecule has 0 amide bonds. The summed E-state index contributed by atoms with van der Waals surface area (Å²) in [6.45, 7) is 7.66. The van der Waals surface area contributed by atoms with Gasteiger partial charge in [0.1, 0.15) is 0 Å². The molecule has 0 fully saturated rings. The Balaban J connectivity index is 3.97. The Morgan fingerprint density at radius 2 is 1.67 bits per heavy atom. The highest BCUT2D eigenvalue weighted by Crippen LogP contribution is 2.24. The van der Waals surface area contributed by atoms with Gasteiger partial charge < -0.3 is 0 Å². The SMILES string of the molecule is CCC(CCN=C=O)CC(C)CC(C)CN=C=O. The predicted molar refractivity (Wildman–Crippen MR) is 71.9 cm³/mol. The summed E-state index contributed by atoms with van der Waals surface area (Å²) in [5, 5.41) is 0. The van der Waals surface area contributed by atoms with E-state index in [9.17, 15) is 9.59 Å². The van der Waals surface area contributed by atoms with Crippen LogP contribution in [0.3, 0.4) is 0 Å². The zero-order valence-corrected chi connectivity index (χ0v) is 11.7. The molecule has 0 aromatic heterocycles. The summed E-state index contributed by atoms with van der Waals surface area (Å²) in [7, 11) is 0. The van der Waals surface area contributed by atoms with Gasteiger partial charge in [-0.05, 0) is 37.0 Å². The van der Waals surface area contributed by atoms with Crippen molar-refractivity contribution in [2.24, 2.45) is 27.7 Å². The van der Waals surface area contributed by atoms with Crippen LogP contribution in [-0.2, 0) is 9.59 Å². The first-order valence-corrected chi connectivity index (χ1v) is 6.71. The first kappa shape index (κ1) is 16.8. The molecule has 3 unspecified atom stereocenters. The minimum Gasteiger partial charge on any atom is -0.211 e. The summed E-state index contributed by atoms with van der Waals surface area (Å²) < 4.78 is 0. The van der Waals surface area contributed by atoms with Gasteiger partial charge in [-0.15, -0.1) is 0 Å². The molecule has 0 aromatic carbocycles. The van der Waals surface area contributed by atoms with Crippen LogP contribution in [0, 0.1) is 17.8 Å². The fourth-order valence-corrected chi connectivity index (χ4v) is 2.40. The van der Waals surface area contributed by atoms with Gasteiger partial charge in [0, 0.05) is 0 Å². The van der Waals surface area contributed by atoms with Crippen LogP contribution in [0.5, 0.6) is 0 Å². The molecule has 0 aromatic rings. The number of isocyanates is 2. The monoisotopic (exact) mass is 252 g/mol. The van der Waals surface area contributed by atoms with Crippen molar-refractivity contribution in [3.63, 3.8) is 0 Å². The predicted octanol–water partition coefficient (Wildman–Crippen LogP) is 3.13. The van der Waals surface area contributed by atoms with Crippen molar-refractivity contribution in [2.75, 3.05) is 13.1 Å². The molecular formula is C14H24N2O2. The molecule has 0 radical (unpaired) electrons. The van der Waals surface area contributed by atoms with Gasteiger partial charge in [-0.3, -0.25) is 0 Å². The van der Waals surface area contributed by atoms with E-state index in [-0.39, 0.29) is 0 Å². The summed E-state index contributed by atoms with van der Waals surface area (Å²) in [6.07, 6.45) is 7.44. The van der Waals surface area contributed by atoms with E-state index in [0.717, 1.165) is 25.7 Å². The lowest BCUT2D eigenvalue weighted by Gasteiger charge is -2.21. The maximum absolute atomic E-state index is 10.0. The summed E-state index contributed by atoms with van der Waals surface area (Å²) in [6, 6.07) is 0. The molecule has 0 aliphatic carbocycles. The Kier molecular flexibility index (Phi) is 10.1. The highest BCUT2D eigenvalue weighted by atomic mass is 16.1. The first-order valence-electron chi connectivity index (χ1n) is 6.71. The van der Waals surface area contributed by atoms with Gasteiger partial charge in [-0.25, -0.2) is 19.6 Å². The fraction of sp³-hybridized carbons (Fsp3) is 0.857. The molecule has 0 rings (SSSR count).